The number of hydrogen-bond acceptors (Lipinski definition) is 7. The molecular formula is C26H25N7O3S. The summed E-state index contributed by atoms with van der Waals surface area (Å²) in [6.07, 6.45) is 3.11. The smallest absolute Gasteiger partial charge is 0.293 e. The Morgan fingerprint density at radius 2 is 1.70 bits per heavy atom. The van der Waals surface area contributed by atoms with Crippen LogP contribution < -0.4 is 15.5 Å². The van der Waals surface area contributed by atoms with Crippen LogP contribution in [0, 0.1) is 17.0 Å². The number of aromatic nitrogens is 3. The highest BCUT2D eigenvalue weighted by Gasteiger charge is 2.23. The third-order valence-corrected chi connectivity index (χ3v) is 6.47. The number of carbonyl (C=O) groups is 1. The first-order valence-corrected chi connectivity index (χ1v) is 12.4. The molecule has 3 aromatic carbocycles. The first-order chi connectivity index (χ1) is 17.9. The lowest BCUT2D eigenvalue weighted by atomic mass is 10.1. The van der Waals surface area contributed by atoms with E-state index < -0.39 is 10.8 Å². The van der Waals surface area contributed by atoms with Crippen LogP contribution in [0.3, 0.4) is 0 Å². The summed E-state index contributed by atoms with van der Waals surface area (Å²) < 4.78 is 0. The highest BCUT2D eigenvalue weighted by molar-refractivity contribution is 7.80. The van der Waals surface area contributed by atoms with Gasteiger partial charge in [-0.3, -0.25) is 20.2 Å². The minimum atomic E-state index is -0.530. The van der Waals surface area contributed by atoms with Crippen molar-refractivity contribution in [1.29, 1.82) is 0 Å². The first kappa shape index (κ1) is 24.3. The lowest BCUT2D eigenvalue weighted by Gasteiger charge is -2.28. The number of nitrogens with zero attached hydrogens (tertiary/aromatic N) is 5. The topological polar surface area (TPSA) is 118 Å². The van der Waals surface area contributed by atoms with Gasteiger partial charge in [0.1, 0.15) is 16.7 Å². The highest BCUT2D eigenvalue weighted by atomic mass is 32.1. The Balaban J connectivity index is 1.28. The average molecular weight is 516 g/mol. The van der Waals surface area contributed by atoms with Crippen molar-refractivity contribution in [2.45, 2.75) is 26.2 Å². The molecule has 0 bridgehead atoms. The predicted molar refractivity (Wildman–Crippen MR) is 146 cm³/mol. The Labute approximate surface area is 218 Å². The molecule has 1 saturated heterocycles. The van der Waals surface area contributed by atoms with Crippen molar-refractivity contribution in [3.63, 3.8) is 0 Å². The molecule has 1 aliphatic rings. The zero-order valence-corrected chi connectivity index (χ0v) is 21.0. The molecule has 0 atom stereocenters. The molecule has 1 amide bonds. The second-order valence-corrected chi connectivity index (χ2v) is 9.35. The van der Waals surface area contributed by atoms with Gasteiger partial charge in [-0.05, 0) is 80.9 Å². The summed E-state index contributed by atoms with van der Waals surface area (Å²) in [5.74, 6) is -0.530. The molecule has 4 aromatic rings. The molecule has 2 N–H and O–H groups in total. The van der Waals surface area contributed by atoms with Crippen molar-refractivity contribution < 1.29 is 9.72 Å². The van der Waals surface area contributed by atoms with E-state index >= 15 is 0 Å². The molecule has 5 rings (SSSR count). The van der Waals surface area contributed by atoms with Gasteiger partial charge >= 0.3 is 0 Å². The Morgan fingerprint density at radius 1 is 0.973 bits per heavy atom. The van der Waals surface area contributed by atoms with Gasteiger partial charge in [0.2, 0.25) is 0 Å². The Hall–Kier alpha value is -4.38. The summed E-state index contributed by atoms with van der Waals surface area (Å²) in [6, 6.07) is 17.8. The van der Waals surface area contributed by atoms with Crippen LogP contribution in [0.4, 0.5) is 17.1 Å². The van der Waals surface area contributed by atoms with Crippen LogP contribution in [-0.4, -0.2) is 44.0 Å². The molecule has 0 spiro atoms. The Kier molecular flexibility index (Phi) is 6.78. The molecular weight excluding hydrogens is 490 g/mol. The summed E-state index contributed by atoms with van der Waals surface area (Å²) >= 11 is 5.32. The van der Waals surface area contributed by atoms with Crippen molar-refractivity contribution in [3.05, 3.63) is 81.9 Å². The molecule has 1 aromatic heterocycles. The van der Waals surface area contributed by atoms with E-state index in [1.165, 1.54) is 6.07 Å². The number of nitro benzene ring substituents is 1. The van der Waals surface area contributed by atoms with Crippen molar-refractivity contribution >= 4 is 51.3 Å². The fourth-order valence-electron chi connectivity index (χ4n) is 4.34. The van der Waals surface area contributed by atoms with Gasteiger partial charge in [-0.2, -0.15) is 4.80 Å². The van der Waals surface area contributed by atoms with E-state index in [1.807, 2.05) is 42.2 Å². The van der Waals surface area contributed by atoms with Gasteiger partial charge in [-0.25, -0.2) is 0 Å². The number of aryl methyl sites for hydroxylation is 1. The predicted octanol–water partition coefficient (Wildman–Crippen LogP) is 4.75. The van der Waals surface area contributed by atoms with E-state index in [0.29, 0.717) is 22.4 Å². The van der Waals surface area contributed by atoms with E-state index in [9.17, 15) is 14.9 Å². The van der Waals surface area contributed by atoms with Crippen molar-refractivity contribution in [3.8, 4) is 5.69 Å². The van der Waals surface area contributed by atoms with E-state index in [1.54, 1.807) is 29.1 Å². The van der Waals surface area contributed by atoms with Crippen LogP contribution in [-0.2, 0) is 0 Å². The van der Waals surface area contributed by atoms with Crippen LogP contribution in [0.15, 0.2) is 60.7 Å². The number of carbonyl (C=O) groups excluding carboxylic acids is 1. The van der Waals surface area contributed by atoms with Gasteiger partial charge in [0.05, 0.1) is 10.6 Å². The number of nitro groups is 1. The summed E-state index contributed by atoms with van der Waals surface area (Å²) in [4.78, 5) is 27.6. The summed E-state index contributed by atoms with van der Waals surface area (Å²) in [7, 11) is 0. The molecule has 188 valence electrons. The molecule has 0 radical (unpaired) electrons. The van der Waals surface area contributed by atoms with E-state index in [4.69, 9.17) is 12.2 Å². The number of piperidine rings is 1. The van der Waals surface area contributed by atoms with Gasteiger partial charge in [0.25, 0.3) is 11.6 Å². The molecule has 0 aliphatic carbocycles. The van der Waals surface area contributed by atoms with Gasteiger partial charge < -0.3 is 10.2 Å². The molecule has 37 heavy (non-hydrogen) atoms. The second-order valence-electron chi connectivity index (χ2n) is 8.95. The van der Waals surface area contributed by atoms with Gasteiger partial charge in [0.15, 0.2) is 5.11 Å². The van der Waals surface area contributed by atoms with Crippen LogP contribution in [0.1, 0.15) is 35.2 Å². The van der Waals surface area contributed by atoms with E-state index in [0.717, 1.165) is 43.6 Å². The largest absolute Gasteiger partial charge is 0.366 e. The maximum atomic E-state index is 12.8. The maximum Gasteiger partial charge on any atom is 0.293 e. The number of benzene rings is 3. The first-order valence-electron chi connectivity index (χ1n) is 12.0. The quantitative estimate of drug-likeness (QED) is 0.222. The third kappa shape index (κ3) is 5.41. The van der Waals surface area contributed by atoms with E-state index in [2.05, 4.69) is 20.8 Å². The molecule has 2 heterocycles. The minimum absolute atomic E-state index is 0.0676. The molecule has 1 aliphatic heterocycles. The monoisotopic (exact) mass is 515 g/mol. The van der Waals surface area contributed by atoms with Crippen molar-refractivity contribution in [2.75, 3.05) is 23.3 Å². The highest BCUT2D eigenvalue weighted by Crippen LogP contribution is 2.31. The molecule has 10 nitrogen and oxygen atoms in total. The number of hydrogen-bond donors (Lipinski definition) is 2. The number of thiocarbonyl (C=S) groups is 1. The summed E-state index contributed by atoms with van der Waals surface area (Å²) in [6.45, 7) is 3.55. The normalized spacial score (nSPS) is 13.4. The Morgan fingerprint density at radius 3 is 2.43 bits per heavy atom. The SMILES string of the molecule is Cc1ccc(-n2nc3ccc(NC(=S)NC(=O)c4ccc(N5CCCCC5)c([N+](=O)[O-])c4)cc3n2)cc1. The standard InChI is InChI=1S/C26H25N7O3S/c1-17-5-9-20(10-6-17)32-29-21-11-8-19(16-22(21)30-32)27-26(37)28-25(34)18-7-12-23(24(15-18)33(35)36)31-13-3-2-4-14-31/h5-12,15-16H,2-4,13-14H2,1H3,(H2,27,28,34,37). The number of fused-ring (bicyclic) bond motifs is 1. The van der Waals surface area contributed by atoms with Crippen LogP contribution >= 0.6 is 12.2 Å². The minimum Gasteiger partial charge on any atom is -0.366 e. The average Bonchev–Trinajstić information content (AvgIpc) is 3.32. The second kappa shape index (κ2) is 10.3. The molecule has 0 unspecified atom stereocenters. The van der Waals surface area contributed by atoms with Gasteiger partial charge in [-0.1, -0.05) is 17.7 Å². The number of nitrogens with one attached hydrogen (secondary N) is 2. The summed E-state index contributed by atoms with van der Waals surface area (Å²) in [5, 5.41) is 26.4. The molecule has 1 fully saturated rings. The molecule has 11 heteroatoms. The zero-order chi connectivity index (χ0) is 25.9. The number of amides is 1. The number of rotatable bonds is 5. The zero-order valence-electron chi connectivity index (χ0n) is 20.2. The maximum absolute atomic E-state index is 12.8. The van der Waals surface area contributed by atoms with Crippen molar-refractivity contribution in [1.82, 2.24) is 20.3 Å². The van der Waals surface area contributed by atoms with Gasteiger partial charge in [-0.15, -0.1) is 10.2 Å². The van der Waals surface area contributed by atoms with Crippen molar-refractivity contribution in [2.24, 2.45) is 0 Å². The number of anilines is 2. The lowest BCUT2D eigenvalue weighted by molar-refractivity contribution is -0.384. The Bertz CT molecular complexity index is 1490. The van der Waals surface area contributed by atoms with Crippen LogP contribution in [0.25, 0.3) is 16.7 Å². The fourth-order valence-corrected chi connectivity index (χ4v) is 4.55. The van der Waals surface area contributed by atoms with Crippen LogP contribution in [0.2, 0.25) is 0 Å². The van der Waals surface area contributed by atoms with Gasteiger partial charge in [0, 0.05) is 30.4 Å². The lowest BCUT2D eigenvalue weighted by Crippen LogP contribution is -2.34. The van der Waals surface area contributed by atoms with E-state index in [-0.39, 0.29) is 16.4 Å². The third-order valence-electron chi connectivity index (χ3n) is 6.26. The van der Waals surface area contributed by atoms with Crippen LogP contribution in [0.5, 0.6) is 0 Å². The molecule has 0 saturated carbocycles. The fraction of sp³-hybridized carbons (Fsp3) is 0.231. The summed E-state index contributed by atoms with van der Waals surface area (Å²) in [5.41, 5.74) is 4.60.